The van der Waals surface area contributed by atoms with Gasteiger partial charge in [-0.1, -0.05) is 34.1 Å². The minimum atomic E-state index is -0.980. The third-order valence-electron chi connectivity index (χ3n) is 3.28. The predicted molar refractivity (Wildman–Crippen MR) is 90.5 cm³/mol. The number of carbonyl (C=O) groups excluding carboxylic acids is 2. The van der Waals surface area contributed by atoms with Crippen LogP contribution in [0, 0.1) is 0 Å². The summed E-state index contributed by atoms with van der Waals surface area (Å²) in [6.45, 7) is 1.49. The van der Waals surface area contributed by atoms with Gasteiger partial charge in [0, 0.05) is 17.2 Å². The second kappa shape index (κ2) is 7.28. The Morgan fingerprint density at radius 2 is 1.83 bits per heavy atom. The minimum absolute atomic E-state index is 0.00129. The van der Waals surface area contributed by atoms with Crippen LogP contribution in [0.2, 0.25) is 0 Å². The molecule has 0 bridgehead atoms. The molecule has 0 fully saturated rings. The molecule has 2 aromatic rings. The van der Waals surface area contributed by atoms with Crippen molar-refractivity contribution < 1.29 is 19.4 Å². The van der Waals surface area contributed by atoms with Gasteiger partial charge in [0.05, 0.1) is 0 Å². The van der Waals surface area contributed by atoms with Gasteiger partial charge in [-0.15, -0.1) is 0 Å². The summed E-state index contributed by atoms with van der Waals surface area (Å²) in [4.78, 5) is 25.9. The van der Waals surface area contributed by atoms with Gasteiger partial charge in [0.25, 0.3) is 5.91 Å². The number of phenolic OH excluding ortho intramolecular Hbond substituents is 1. The van der Waals surface area contributed by atoms with E-state index in [4.69, 9.17) is 4.74 Å². The molecule has 0 aromatic heterocycles. The van der Waals surface area contributed by atoms with Gasteiger partial charge in [-0.05, 0) is 37.3 Å². The van der Waals surface area contributed by atoms with Gasteiger partial charge in [-0.25, -0.2) is 4.79 Å². The van der Waals surface area contributed by atoms with Crippen LogP contribution in [0.3, 0.4) is 0 Å². The fourth-order valence-electron chi connectivity index (χ4n) is 2.00. The Balaban J connectivity index is 2.09. The molecule has 1 amide bonds. The lowest BCUT2D eigenvalue weighted by Crippen LogP contribution is -2.37. The number of rotatable bonds is 4. The molecule has 0 radical (unpaired) electrons. The van der Waals surface area contributed by atoms with E-state index in [1.54, 1.807) is 25.2 Å². The first-order valence-corrected chi connectivity index (χ1v) is 7.71. The number of aromatic hydroxyl groups is 1. The van der Waals surface area contributed by atoms with Crippen LogP contribution in [0.4, 0.5) is 5.69 Å². The number of esters is 1. The first kappa shape index (κ1) is 17.0. The Hall–Kier alpha value is -2.34. The van der Waals surface area contributed by atoms with Crippen LogP contribution in [-0.2, 0) is 9.53 Å². The smallest absolute Gasteiger partial charge is 0.342 e. The average molecular weight is 378 g/mol. The van der Waals surface area contributed by atoms with E-state index in [0.717, 1.165) is 0 Å². The van der Waals surface area contributed by atoms with Crippen molar-refractivity contribution in [3.05, 3.63) is 58.6 Å². The number of benzene rings is 2. The van der Waals surface area contributed by atoms with Gasteiger partial charge in [-0.3, -0.25) is 4.79 Å². The number of halogens is 1. The van der Waals surface area contributed by atoms with Crippen LogP contribution in [0.5, 0.6) is 5.75 Å². The molecule has 0 saturated heterocycles. The zero-order valence-electron chi connectivity index (χ0n) is 12.7. The third kappa shape index (κ3) is 4.10. The van der Waals surface area contributed by atoms with Crippen LogP contribution in [-0.4, -0.2) is 30.1 Å². The first-order chi connectivity index (χ1) is 10.9. The standard InChI is InChI=1S/C17H16BrNO4/c1-11(16(21)19(2)13-6-4-3-5-7-13)23-17(22)14-10-12(18)8-9-15(14)20/h3-11,20H,1-2H3. The maximum atomic E-state index is 12.3. The zero-order chi connectivity index (χ0) is 17.0. The minimum Gasteiger partial charge on any atom is -0.507 e. The van der Waals surface area contributed by atoms with E-state index < -0.39 is 12.1 Å². The van der Waals surface area contributed by atoms with E-state index in [9.17, 15) is 14.7 Å². The second-order valence-corrected chi connectivity index (χ2v) is 5.86. The van der Waals surface area contributed by atoms with E-state index in [0.29, 0.717) is 10.2 Å². The SMILES string of the molecule is CC(OC(=O)c1cc(Br)ccc1O)C(=O)N(C)c1ccccc1. The van der Waals surface area contributed by atoms with Crippen molar-refractivity contribution in [3.8, 4) is 5.75 Å². The number of nitrogens with zero attached hydrogens (tertiary/aromatic N) is 1. The molecule has 1 atom stereocenters. The Labute approximate surface area is 142 Å². The van der Waals surface area contributed by atoms with Crippen LogP contribution in [0.1, 0.15) is 17.3 Å². The highest BCUT2D eigenvalue weighted by molar-refractivity contribution is 9.10. The van der Waals surface area contributed by atoms with E-state index in [-0.39, 0.29) is 17.2 Å². The van der Waals surface area contributed by atoms with Crippen molar-refractivity contribution in [3.63, 3.8) is 0 Å². The van der Waals surface area contributed by atoms with Gasteiger partial charge in [-0.2, -0.15) is 0 Å². The maximum Gasteiger partial charge on any atom is 0.342 e. The van der Waals surface area contributed by atoms with Crippen LogP contribution < -0.4 is 4.90 Å². The molecular formula is C17H16BrNO4. The van der Waals surface area contributed by atoms with Crippen molar-refractivity contribution in [2.75, 3.05) is 11.9 Å². The molecule has 2 aromatic carbocycles. The Morgan fingerprint density at radius 3 is 2.48 bits per heavy atom. The molecule has 120 valence electrons. The summed E-state index contributed by atoms with van der Waals surface area (Å²) in [6, 6.07) is 13.5. The molecule has 6 heteroatoms. The van der Waals surface area contributed by atoms with Crippen molar-refractivity contribution in [1.82, 2.24) is 0 Å². The summed E-state index contributed by atoms with van der Waals surface area (Å²) in [5.74, 6) is -1.32. The fourth-order valence-corrected chi connectivity index (χ4v) is 2.36. The van der Waals surface area contributed by atoms with Gasteiger partial charge in [0.15, 0.2) is 6.10 Å². The largest absolute Gasteiger partial charge is 0.507 e. The van der Waals surface area contributed by atoms with Crippen molar-refractivity contribution in [2.24, 2.45) is 0 Å². The number of hydrogen-bond donors (Lipinski definition) is 1. The number of carbonyl (C=O) groups is 2. The highest BCUT2D eigenvalue weighted by atomic mass is 79.9. The number of para-hydroxylation sites is 1. The Kier molecular flexibility index (Phi) is 5.39. The number of anilines is 1. The third-order valence-corrected chi connectivity index (χ3v) is 3.78. The molecule has 0 aliphatic rings. The molecule has 0 spiro atoms. The van der Waals surface area contributed by atoms with E-state index >= 15 is 0 Å². The van der Waals surface area contributed by atoms with E-state index in [1.165, 1.54) is 24.0 Å². The number of phenols is 1. The van der Waals surface area contributed by atoms with Crippen molar-refractivity contribution in [2.45, 2.75) is 13.0 Å². The summed E-state index contributed by atoms with van der Waals surface area (Å²) >= 11 is 3.22. The lowest BCUT2D eigenvalue weighted by atomic mass is 10.2. The number of likely N-dealkylation sites (N-methyl/N-ethyl adjacent to an activating group) is 1. The monoisotopic (exact) mass is 377 g/mol. The number of hydrogen-bond acceptors (Lipinski definition) is 4. The molecule has 1 unspecified atom stereocenters. The quantitative estimate of drug-likeness (QED) is 0.829. The van der Waals surface area contributed by atoms with Gasteiger partial charge >= 0.3 is 5.97 Å². The molecule has 23 heavy (non-hydrogen) atoms. The average Bonchev–Trinajstić information content (AvgIpc) is 2.56. The van der Waals surface area contributed by atoms with Crippen LogP contribution in [0.15, 0.2) is 53.0 Å². The fraction of sp³-hybridized carbons (Fsp3) is 0.176. The second-order valence-electron chi connectivity index (χ2n) is 4.94. The number of amides is 1. The molecule has 0 aliphatic carbocycles. The van der Waals surface area contributed by atoms with Gasteiger partial charge in [0.1, 0.15) is 11.3 Å². The first-order valence-electron chi connectivity index (χ1n) is 6.92. The van der Waals surface area contributed by atoms with Gasteiger partial charge < -0.3 is 14.7 Å². The van der Waals surface area contributed by atoms with E-state index in [1.807, 2.05) is 18.2 Å². The van der Waals surface area contributed by atoms with Gasteiger partial charge in [0.2, 0.25) is 0 Å². The maximum absolute atomic E-state index is 12.3. The lowest BCUT2D eigenvalue weighted by molar-refractivity contribution is -0.126. The Bertz CT molecular complexity index is 718. The summed E-state index contributed by atoms with van der Waals surface area (Å²) in [7, 11) is 1.61. The zero-order valence-corrected chi connectivity index (χ0v) is 14.3. The molecular weight excluding hydrogens is 362 g/mol. The lowest BCUT2D eigenvalue weighted by Gasteiger charge is -2.21. The summed E-state index contributed by atoms with van der Waals surface area (Å²) in [6.07, 6.45) is -0.980. The number of ether oxygens (including phenoxy) is 1. The van der Waals surface area contributed by atoms with Crippen LogP contribution in [0.25, 0.3) is 0 Å². The molecule has 5 nitrogen and oxygen atoms in total. The molecule has 0 aliphatic heterocycles. The highest BCUT2D eigenvalue weighted by Gasteiger charge is 2.24. The summed E-state index contributed by atoms with van der Waals surface area (Å²) < 4.78 is 5.79. The van der Waals surface area contributed by atoms with Crippen molar-refractivity contribution >= 4 is 33.5 Å². The Morgan fingerprint density at radius 1 is 1.17 bits per heavy atom. The highest BCUT2D eigenvalue weighted by Crippen LogP contribution is 2.23. The van der Waals surface area contributed by atoms with E-state index in [2.05, 4.69) is 15.9 Å². The summed E-state index contributed by atoms with van der Waals surface area (Å²) in [5.41, 5.74) is 0.701. The molecule has 0 heterocycles. The molecule has 2 rings (SSSR count). The molecule has 0 saturated carbocycles. The topological polar surface area (TPSA) is 66.8 Å². The normalized spacial score (nSPS) is 11.6. The summed E-state index contributed by atoms with van der Waals surface area (Å²) in [5, 5.41) is 9.73. The van der Waals surface area contributed by atoms with Crippen LogP contribution >= 0.6 is 15.9 Å². The molecule has 1 N–H and O–H groups in total. The van der Waals surface area contributed by atoms with Crippen molar-refractivity contribution in [1.29, 1.82) is 0 Å². The predicted octanol–water partition coefficient (Wildman–Crippen LogP) is 3.36.